The predicted molar refractivity (Wildman–Crippen MR) is 89.7 cm³/mol. The van der Waals surface area contributed by atoms with Crippen molar-refractivity contribution in [3.8, 4) is 22.6 Å². The van der Waals surface area contributed by atoms with Crippen molar-refractivity contribution in [2.45, 2.75) is 31.7 Å². The number of nitrogens with zero attached hydrogens (tertiary/aromatic N) is 1. The van der Waals surface area contributed by atoms with Gasteiger partial charge in [-0.1, -0.05) is 24.3 Å². The molecule has 3 heteroatoms. The lowest BCUT2D eigenvalue weighted by Crippen LogP contribution is -2.39. The summed E-state index contributed by atoms with van der Waals surface area (Å²) in [7, 11) is 0. The Morgan fingerprint density at radius 1 is 1.04 bits per heavy atom. The molecule has 0 saturated heterocycles. The van der Waals surface area contributed by atoms with Crippen molar-refractivity contribution in [1.82, 2.24) is 4.90 Å². The van der Waals surface area contributed by atoms with Gasteiger partial charge in [0.2, 0.25) is 0 Å². The zero-order valence-corrected chi connectivity index (χ0v) is 13.1. The van der Waals surface area contributed by atoms with Crippen LogP contribution in [0.2, 0.25) is 0 Å². The molecule has 0 spiro atoms. The Morgan fingerprint density at radius 3 is 2.74 bits per heavy atom. The monoisotopic (exact) mass is 307 g/mol. The molecule has 23 heavy (non-hydrogen) atoms. The second-order valence-corrected chi connectivity index (χ2v) is 7.25. The summed E-state index contributed by atoms with van der Waals surface area (Å²) >= 11 is 0. The lowest BCUT2D eigenvalue weighted by atomic mass is 9.76. The highest BCUT2D eigenvalue weighted by Gasteiger charge is 2.37. The largest absolute Gasteiger partial charge is 0.504 e. The Labute approximate surface area is 136 Å². The topological polar surface area (TPSA) is 43.7 Å². The highest BCUT2D eigenvalue weighted by Crippen LogP contribution is 2.50. The first-order valence-corrected chi connectivity index (χ1v) is 8.62. The zero-order valence-electron chi connectivity index (χ0n) is 13.1. The van der Waals surface area contributed by atoms with Crippen LogP contribution in [0.15, 0.2) is 30.3 Å². The number of hydrogen-bond donors (Lipinski definition) is 2. The minimum absolute atomic E-state index is 0.0227. The second kappa shape index (κ2) is 4.75. The molecule has 0 amide bonds. The fraction of sp³-hybridized carbons (Fsp3) is 0.400. The predicted octanol–water partition coefficient (Wildman–Crippen LogP) is 3.63. The minimum atomic E-state index is -0.0227. The normalized spacial score (nSPS) is 22.5. The van der Waals surface area contributed by atoms with Crippen molar-refractivity contribution in [2.75, 3.05) is 13.1 Å². The Balaban J connectivity index is 1.69. The summed E-state index contributed by atoms with van der Waals surface area (Å²) in [6.07, 6.45) is 4.77. The van der Waals surface area contributed by atoms with Crippen LogP contribution < -0.4 is 0 Å². The molecule has 118 valence electrons. The van der Waals surface area contributed by atoms with Crippen molar-refractivity contribution in [2.24, 2.45) is 5.92 Å². The average molecular weight is 307 g/mol. The smallest absolute Gasteiger partial charge is 0.165 e. The lowest BCUT2D eigenvalue weighted by molar-refractivity contribution is 0.175. The van der Waals surface area contributed by atoms with Gasteiger partial charge in [0.15, 0.2) is 11.5 Å². The molecule has 5 rings (SSSR count). The number of hydrogen-bond acceptors (Lipinski definition) is 3. The molecular weight excluding hydrogens is 286 g/mol. The van der Waals surface area contributed by atoms with Gasteiger partial charge in [-0.15, -0.1) is 0 Å². The van der Waals surface area contributed by atoms with Gasteiger partial charge in [-0.25, -0.2) is 0 Å². The minimum Gasteiger partial charge on any atom is -0.504 e. The Hall–Kier alpha value is -2.00. The maximum absolute atomic E-state index is 10.4. The van der Waals surface area contributed by atoms with E-state index in [1.165, 1.54) is 30.5 Å². The molecule has 0 aromatic heterocycles. The van der Waals surface area contributed by atoms with E-state index < -0.39 is 0 Å². The number of aromatic hydroxyl groups is 2. The highest BCUT2D eigenvalue weighted by atomic mass is 16.3. The van der Waals surface area contributed by atoms with Crippen LogP contribution in [-0.2, 0) is 12.8 Å². The van der Waals surface area contributed by atoms with Gasteiger partial charge in [0, 0.05) is 24.7 Å². The first kappa shape index (κ1) is 13.4. The summed E-state index contributed by atoms with van der Waals surface area (Å²) in [4.78, 5) is 2.65. The molecule has 3 nitrogen and oxygen atoms in total. The number of benzene rings is 2. The Bertz CT molecular complexity index is 794. The average Bonchev–Trinajstić information content (AvgIpc) is 3.37. The summed E-state index contributed by atoms with van der Waals surface area (Å²) in [5, 5.41) is 20.3. The molecule has 2 aliphatic carbocycles. The van der Waals surface area contributed by atoms with Crippen LogP contribution in [0.3, 0.4) is 0 Å². The van der Waals surface area contributed by atoms with E-state index in [9.17, 15) is 10.2 Å². The summed E-state index contributed by atoms with van der Waals surface area (Å²) in [6, 6.07) is 10.4. The zero-order chi connectivity index (χ0) is 15.6. The van der Waals surface area contributed by atoms with Gasteiger partial charge in [0.05, 0.1) is 0 Å². The van der Waals surface area contributed by atoms with E-state index in [1.807, 2.05) is 6.07 Å². The summed E-state index contributed by atoms with van der Waals surface area (Å²) < 4.78 is 0. The van der Waals surface area contributed by atoms with E-state index in [-0.39, 0.29) is 11.5 Å². The fourth-order valence-corrected chi connectivity index (χ4v) is 4.43. The van der Waals surface area contributed by atoms with Gasteiger partial charge in [-0.3, -0.25) is 4.90 Å². The molecule has 0 radical (unpaired) electrons. The SMILES string of the molecule is Oc1ccc2c(c1O)-c1cccc3c1[C@@H](C2)N(CC1CC1)CC3. The van der Waals surface area contributed by atoms with Gasteiger partial charge in [0.25, 0.3) is 0 Å². The molecule has 1 heterocycles. The third-order valence-electron chi connectivity index (χ3n) is 5.75. The fourth-order valence-electron chi connectivity index (χ4n) is 4.43. The molecule has 0 bridgehead atoms. The van der Waals surface area contributed by atoms with Crippen LogP contribution in [0.25, 0.3) is 11.1 Å². The lowest BCUT2D eigenvalue weighted by Gasteiger charge is -2.42. The van der Waals surface area contributed by atoms with Gasteiger partial charge in [-0.05, 0) is 59.9 Å². The highest BCUT2D eigenvalue weighted by molar-refractivity contribution is 5.82. The Morgan fingerprint density at radius 2 is 1.91 bits per heavy atom. The van der Waals surface area contributed by atoms with Crippen molar-refractivity contribution in [3.05, 3.63) is 47.0 Å². The van der Waals surface area contributed by atoms with E-state index in [0.717, 1.165) is 42.0 Å². The van der Waals surface area contributed by atoms with Crippen molar-refractivity contribution >= 4 is 0 Å². The van der Waals surface area contributed by atoms with E-state index in [4.69, 9.17) is 0 Å². The maximum Gasteiger partial charge on any atom is 0.165 e. The summed E-state index contributed by atoms with van der Waals surface area (Å²) in [5.41, 5.74) is 5.90. The molecule has 2 aromatic rings. The van der Waals surface area contributed by atoms with Crippen molar-refractivity contribution in [3.63, 3.8) is 0 Å². The number of phenolic OH excluding ortho intramolecular Hbond substituents is 2. The van der Waals surface area contributed by atoms with Crippen molar-refractivity contribution in [1.29, 1.82) is 0 Å². The number of phenols is 2. The Kier molecular flexibility index (Phi) is 2.77. The number of rotatable bonds is 2. The molecule has 1 atom stereocenters. The first-order chi connectivity index (χ1) is 11.2. The van der Waals surface area contributed by atoms with Crippen LogP contribution in [0, 0.1) is 5.92 Å². The van der Waals surface area contributed by atoms with Gasteiger partial charge >= 0.3 is 0 Å². The van der Waals surface area contributed by atoms with Crippen LogP contribution in [0.4, 0.5) is 0 Å². The van der Waals surface area contributed by atoms with Gasteiger partial charge in [-0.2, -0.15) is 0 Å². The van der Waals surface area contributed by atoms with Crippen LogP contribution >= 0.6 is 0 Å². The van der Waals surface area contributed by atoms with Crippen LogP contribution in [-0.4, -0.2) is 28.2 Å². The molecule has 1 saturated carbocycles. The molecule has 2 N–H and O–H groups in total. The third kappa shape index (κ3) is 1.99. The van der Waals surface area contributed by atoms with E-state index in [1.54, 1.807) is 6.07 Å². The quantitative estimate of drug-likeness (QED) is 0.833. The third-order valence-corrected chi connectivity index (χ3v) is 5.75. The first-order valence-electron chi connectivity index (χ1n) is 8.62. The standard InChI is InChI=1S/C20H21NO2/c22-17-7-6-14-10-16-18-13(8-9-21(16)11-12-4-5-12)2-1-3-15(18)19(14)20(17)23/h1-3,6-7,12,16,22-23H,4-5,8-11H2/t16-/m1/s1. The van der Waals surface area contributed by atoms with Crippen LogP contribution in [0.1, 0.15) is 35.6 Å². The number of fused-ring (bicyclic) bond motifs is 2. The molecule has 0 unspecified atom stereocenters. The van der Waals surface area contributed by atoms with Crippen LogP contribution in [0.5, 0.6) is 11.5 Å². The van der Waals surface area contributed by atoms with E-state index >= 15 is 0 Å². The molecule has 3 aliphatic rings. The summed E-state index contributed by atoms with van der Waals surface area (Å²) in [6.45, 7) is 2.34. The van der Waals surface area contributed by atoms with E-state index in [0.29, 0.717) is 6.04 Å². The van der Waals surface area contributed by atoms with E-state index in [2.05, 4.69) is 23.1 Å². The molecular formula is C20H21NO2. The summed E-state index contributed by atoms with van der Waals surface area (Å²) in [5.74, 6) is 0.900. The van der Waals surface area contributed by atoms with Gasteiger partial charge in [0.1, 0.15) is 0 Å². The maximum atomic E-state index is 10.4. The molecule has 2 aromatic carbocycles. The molecule has 1 fully saturated rings. The molecule has 1 aliphatic heterocycles. The van der Waals surface area contributed by atoms with Gasteiger partial charge < -0.3 is 10.2 Å². The van der Waals surface area contributed by atoms with Crippen molar-refractivity contribution < 1.29 is 10.2 Å². The second-order valence-electron chi connectivity index (χ2n) is 7.25.